The molecule has 34 heavy (non-hydrogen) atoms. The first-order valence-electron chi connectivity index (χ1n) is 13.3. The van der Waals surface area contributed by atoms with Gasteiger partial charge in [0, 0.05) is 62.9 Å². The minimum atomic E-state index is -0.0791. The fourth-order valence-corrected chi connectivity index (χ4v) is 5.67. The van der Waals surface area contributed by atoms with Crippen LogP contribution in [0.25, 0.3) is 0 Å². The van der Waals surface area contributed by atoms with Gasteiger partial charge in [0.2, 0.25) is 11.8 Å². The number of hydrogen-bond acceptors (Lipinski definition) is 4. The van der Waals surface area contributed by atoms with E-state index in [0.717, 1.165) is 57.7 Å². The molecule has 3 heterocycles. The second-order valence-electron chi connectivity index (χ2n) is 10.2. The smallest absolute Gasteiger partial charge is 0.223 e. The maximum atomic E-state index is 13.1. The largest absolute Gasteiger partial charge is 0.490 e. The number of halogens is 1. The molecule has 0 saturated carbocycles. The van der Waals surface area contributed by atoms with Gasteiger partial charge in [-0.3, -0.25) is 9.59 Å². The van der Waals surface area contributed by atoms with Crippen LogP contribution in [-0.2, 0) is 9.59 Å². The third kappa shape index (κ3) is 7.35. The average molecular weight is 490 g/mol. The Morgan fingerprint density at radius 3 is 2.18 bits per heavy atom. The summed E-state index contributed by atoms with van der Waals surface area (Å²) < 4.78 is 6.33. The summed E-state index contributed by atoms with van der Waals surface area (Å²) >= 11 is 6.03. The lowest BCUT2D eigenvalue weighted by Crippen LogP contribution is -2.50. The molecule has 3 aliphatic rings. The molecule has 4 rings (SSSR count). The van der Waals surface area contributed by atoms with Crippen LogP contribution >= 0.6 is 11.6 Å². The molecule has 0 aliphatic carbocycles. The van der Waals surface area contributed by atoms with Gasteiger partial charge in [-0.05, 0) is 69.5 Å². The molecule has 2 amide bonds. The van der Waals surface area contributed by atoms with Gasteiger partial charge in [-0.1, -0.05) is 24.4 Å². The van der Waals surface area contributed by atoms with Gasteiger partial charge in [-0.15, -0.1) is 0 Å². The molecule has 0 aromatic heterocycles. The van der Waals surface area contributed by atoms with Crippen molar-refractivity contribution in [3.8, 4) is 5.75 Å². The highest BCUT2D eigenvalue weighted by molar-refractivity contribution is 6.30. The minimum Gasteiger partial charge on any atom is -0.490 e. The van der Waals surface area contributed by atoms with Crippen molar-refractivity contribution in [2.24, 2.45) is 5.92 Å². The lowest BCUT2D eigenvalue weighted by atomic mass is 9.90. The molecule has 3 fully saturated rings. The molecule has 0 spiro atoms. The number of ether oxygens (including phenoxy) is 1. The zero-order valence-electron chi connectivity index (χ0n) is 20.4. The molecule has 3 saturated heterocycles. The standard InChI is InChI=1S/C27H40ClN3O3/c28-23-8-10-24(11-9-23)34-25-12-19-31(26(32)13-18-29-14-4-1-2-5-15-29)21-22(25)20-27(33)30-16-6-3-7-17-30/h8-11,22,25H,1-7,12-21H2/t22-,25-/m0/s1. The molecule has 0 radical (unpaired) electrons. The first-order chi connectivity index (χ1) is 16.6. The van der Waals surface area contributed by atoms with Gasteiger partial charge in [0.25, 0.3) is 0 Å². The minimum absolute atomic E-state index is 0.000918. The maximum absolute atomic E-state index is 13.1. The first kappa shape index (κ1) is 25.3. The van der Waals surface area contributed by atoms with Gasteiger partial charge in [-0.25, -0.2) is 0 Å². The molecule has 0 bridgehead atoms. The SMILES string of the molecule is O=C(C[C@H]1CN(C(=O)CCN2CCCCCC2)CC[C@@H]1Oc1ccc(Cl)cc1)N1CCCCC1. The normalized spacial score (nSPS) is 24.5. The quantitative estimate of drug-likeness (QED) is 0.561. The summed E-state index contributed by atoms with van der Waals surface area (Å²) in [6.07, 6.45) is 10.1. The Bertz CT molecular complexity index is 789. The van der Waals surface area contributed by atoms with Crippen LogP contribution in [0.5, 0.6) is 5.75 Å². The summed E-state index contributed by atoms with van der Waals surface area (Å²) in [6, 6.07) is 7.41. The van der Waals surface area contributed by atoms with E-state index in [9.17, 15) is 9.59 Å². The molecular formula is C27H40ClN3O3. The van der Waals surface area contributed by atoms with Crippen molar-refractivity contribution in [1.82, 2.24) is 14.7 Å². The van der Waals surface area contributed by atoms with E-state index in [1.165, 1.54) is 32.1 Å². The third-order valence-corrected chi connectivity index (χ3v) is 7.86. The van der Waals surface area contributed by atoms with E-state index >= 15 is 0 Å². The van der Waals surface area contributed by atoms with Crippen molar-refractivity contribution < 1.29 is 14.3 Å². The molecule has 1 aromatic rings. The van der Waals surface area contributed by atoms with Gasteiger partial charge in [0.15, 0.2) is 0 Å². The Morgan fingerprint density at radius 1 is 0.824 bits per heavy atom. The average Bonchev–Trinajstić information content (AvgIpc) is 3.14. The molecular weight excluding hydrogens is 450 g/mol. The Kier molecular flexibility index (Phi) is 9.51. The summed E-state index contributed by atoms with van der Waals surface area (Å²) in [5.41, 5.74) is 0. The molecule has 6 nitrogen and oxygen atoms in total. The van der Waals surface area contributed by atoms with Crippen LogP contribution in [0.15, 0.2) is 24.3 Å². The second kappa shape index (κ2) is 12.8. The maximum Gasteiger partial charge on any atom is 0.223 e. The lowest BCUT2D eigenvalue weighted by Gasteiger charge is -2.39. The highest BCUT2D eigenvalue weighted by Crippen LogP contribution is 2.28. The summed E-state index contributed by atoms with van der Waals surface area (Å²) in [5.74, 6) is 1.18. The number of piperidine rings is 2. The zero-order valence-corrected chi connectivity index (χ0v) is 21.2. The van der Waals surface area contributed by atoms with Crippen LogP contribution < -0.4 is 4.74 Å². The van der Waals surface area contributed by atoms with Gasteiger partial charge in [0.1, 0.15) is 11.9 Å². The van der Waals surface area contributed by atoms with Crippen molar-refractivity contribution in [2.75, 3.05) is 45.8 Å². The predicted molar refractivity (Wildman–Crippen MR) is 135 cm³/mol. The molecule has 188 valence electrons. The van der Waals surface area contributed by atoms with Crippen molar-refractivity contribution >= 4 is 23.4 Å². The van der Waals surface area contributed by atoms with Crippen LogP contribution in [0.3, 0.4) is 0 Å². The van der Waals surface area contributed by atoms with Crippen LogP contribution in [0, 0.1) is 5.92 Å². The van der Waals surface area contributed by atoms with E-state index in [4.69, 9.17) is 16.3 Å². The van der Waals surface area contributed by atoms with Crippen LogP contribution in [0.1, 0.15) is 64.2 Å². The summed E-state index contributed by atoms with van der Waals surface area (Å²) in [6.45, 7) is 6.05. The number of benzene rings is 1. The van der Waals surface area contributed by atoms with Gasteiger partial charge >= 0.3 is 0 Å². The summed E-state index contributed by atoms with van der Waals surface area (Å²) in [7, 11) is 0. The number of nitrogens with zero attached hydrogens (tertiary/aromatic N) is 3. The number of carbonyl (C=O) groups is 2. The van der Waals surface area contributed by atoms with Crippen molar-refractivity contribution in [3.05, 3.63) is 29.3 Å². The van der Waals surface area contributed by atoms with Crippen LogP contribution in [0.4, 0.5) is 0 Å². The van der Waals surface area contributed by atoms with Gasteiger partial charge < -0.3 is 19.4 Å². The molecule has 2 atom stereocenters. The number of hydrogen-bond donors (Lipinski definition) is 0. The van der Waals surface area contributed by atoms with E-state index in [1.807, 2.05) is 34.1 Å². The lowest BCUT2D eigenvalue weighted by molar-refractivity contribution is -0.139. The molecule has 0 N–H and O–H groups in total. The van der Waals surface area contributed by atoms with Crippen molar-refractivity contribution in [2.45, 2.75) is 70.3 Å². The molecule has 1 aromatic carbocycles. The number of likely N-dealkylation sites (tertiary alicyclic amines) is 3. The number of amides is 2. The van der Waals surface area contributed by atoms with Crippen LogP contribution in [0.2, 0.25) is 5.02 Å². The van der Waals surface area contributed by atoms with E-state index in [1.54, 1.807) is 0 Å². The van der Waals surface area contributed by atoms with E-state index in [-0.39, 0.29) is 23.8 Å². The zero-order chi connectivity index (χ0) is 23.8. The molecule has 3 aliphatic heterocycles. The summed E-state index contributed by atoms with van der Waals surface area (Å²) in [5, 5.41) is 0.675. The highest BCUT2D eigenvalue weighted by Gasteiger charge is 2.35. The second-order valence-corrected chi connectivity index (χ2v) is 10.6. The Balaban J connectivity index is 1.36. The fourth-order valence-electron chi connectivity index (χ4n) is 5.54. The fraction of sp³-hybridized carbons (Fsp3) is 0.704. The van der Waals surface area contributed by atoms with E-state index in [2.05, 4.69) is 4.90 Å². The van der Waals surface area contributed by atoms with Crippen LogP contribution in [-0.4, -0.2) is 78.4 Å². The van der Waals surface area contributed by atoms with E-state index in [0.29, 0.717) is 31.0 Å². The van der Waals surface area contributed by atoms with Gasteiger partial charge in [-0.2, -0.15) is 0 Å². The van der Waals surface area contributed by atoms with Gasteiger partial charge in [0.05, 0.1) is 0 Å². The predicted octanol–water partition coefficient (Wildman–Crippen LogP) is 4.60. The first-order valence-corrected chi connectivity index (χ1v) is 13.7. The monoisotopic (exact) mass is 489 g/mol. The van der Waals surface area contributed by atoms with Crippen molar-refractivity contribution in [3.63, 3.8) is 0 Å². The Labute approximate surface area is 209 Å². The van der Waals surface area contributed by atoms with E-state index < -0.39 is 0 Å². The molecule has 0 unspecified atom stereocenters. The Morgan fingerprint density at radius 2 is 1.47 bits per heavy atom. The van der Waals surface area contributed by atoms with Crippen molar-refractivity contribution in [1.29, 1.82) is 0 Å². The third-order valence-electron chi connectivity index (χ3n) is 7.60. The Hall–Kier alpha value is -1.79. The summed E-state index contributed by atoms with van der Waals surface area (Å²) in [4.78, 5) is 32.6. The highest BCUT2D eigenvalue weighted by atomic mass is 35.5. The molecule has 7 heteroatoms. The number of rotatable bonds is 7. The number of carbonyl (C=O) groups excluding carboxylic acids is 2. The topological polar surface area (TPSA) is 53.1 Å².